The van der Waals surface area contributed by atoms with E-state index < -0.39 is 58.3 Å². The lowest BCUT2D eigenvalue weighted by Gasteiger charge is -2.25. The van der Waals surface area contributed by atoms with E-state index >= 15 is 0 Å². The number of rotatable bonds is 7. The standard InChI is InChI=1S/C16H20F5NO4S/c1-15(2,3)27(24)22-12(8-13(23)25-4)9-5-10(16(19,20)21)7-11(6-9)26-14(17)18/h5-7,12,14,22H,8H2,1-4H3/t12-,27?/m0/s1. The van der Waals surface area contributed by atoms with Gasteiger partial charge < -0.3 is 9.47 Å². The molecule has 0 saturated carbocycles. The number of ether oxygens (including phenoxy) is 2. The molecule has 0 amide bonds. The van der Waals surface area contributed by atoms with Crippen molar-refractivity contribution in [1.29, 1.82) is 0 Å². The van der Waals surface area contributed by atoms with Crippen LogP contribution in [-0.4, -0.2) is 28.6 Å². The molecule has 5 nitrogen and oxygen atoms in total. The third-order valence-corrected chi connectivity index (χ3v) is 4.90. The van der Waals surface area contributed by atoms with Gasteiger partial charge in [-0.05, 0) is 44.5 Å². The van der Waals surface area contributed by atoms with Gasteiger partial charge in [0.2, 0.25) is 0 Å². The minimum absolute atomic E-state index is 0.191. The van der Waals surface area contributed by atoms with Crippen molar-refractivity contribution < 1.29 is 40.4 Å². The van der Waals surface area contributed by atoms with Crippen LogP contribution >= 0.6 is 0 Å². The molecule has 0 saturated heterocycles. The summed E-state index contributed by atoms with van der Waals surface area (Å²) < 4.78 is 87.0. The average Bonchev–Trinajstić information content (AvgIpc) is 2.51. The number of hydrogen-bond donors (Lipinski definition) is 1. The van der Waals surface area contributed by atoms with E-state index in [1.807, 2.05) is 0 Å². The van der Waals surface area contributed by atoms with Gasteiger partial charge in [0.15, 0.2) is 0 Å². The minimum atomic E-state index is -4.84. The van der Waals surface area contributed by atoms with Crippen LogP contribution in [0.15, 0.2) is 18.2 Å². The molecule has 0 fully saturated rings. The van der Waals surface area contributed by atoms with E-state index in [0.717, 1.165) is 13.2 Å². The van der Waals surface area contributed by atoms with Crippen LogP contribution < -0.4 is 9.46 Å². The van der Waals surface area contributed by atoms with E-state index in [1.54, 1.807) is 20.8 Å². The molecule has 0 bridgehead atoms. The number of carbonyl (C=O) groups excluding carboxylic acids is 1. The van der Waals surface area contributed by atoms with Crippen molar-refractivity contribution in [3.63, 3.8) is 0 Å². The van der Waals surface area contributed by atoms with Gasteiger partial charge in [0.05, 0.1) is 40.9 Å². The van der Waals surface area contributed by atoms with E-state index in [1.165, 1.54) is 0 Å². The Balaban J connectivity index is 3.40. The van der Waals surface area contributed by atoms with Crippen LogP contribution in [0.5, 0.6) is 5.75 Å². The van der Waals surface area contributed by atoms with E-state index in [9.17, 15) is 31.0 Å². The number of alkyl halides is 5. The molecule has 0 aromatic heterocycles. The Morgan fingerprint density at radius 1 is 1.19 bits per heavy atom. The van der Waals surface area contributed by atoms with Gasteiger partial charge in [-0.15, -0.1) is 0 Å². The zero-order chi connectivity index (χ0) is 21.0. The minimum Gasteiger partial charge on any atom is -0.469 e. The fraction of sp³-hybridized carbons (Fsp3) is 0.562. The molecule has 0 spiro atoms. The zero-order valence-corrected chi connectivity index (χ0v) is 15.8. The summed E-state index contributed by atoms with van der Waals surface area (Å²) >= 11 is 0. The highest BCUT2D eigenvalue weighted by molar-refractivity contribution is 7.84. The predicted octanol–water partition coefficient (Wildman–Crippen LogP) is 3.96. The maximum absolute atomic E-state index is 13.1. The Labute approximate surface area is 155 Å². The van der Waals surface area contributed by atoms with E-state index in [0.29, 0.717) is 12.1 Å². The second kappa shape index (κ2) is 8.96. The first-order valence-electron chi connectivity index (χ1n) is 7.66. The van der Waals surface area contributed by atoms with E-state index in [-0.39, 0.29) is 5.56 Å². The summed E-state index contributed by atoms with van der Waals surface area (Å²) in [5.74, 6) is -1.51. The topological polar surface area (TPSA) is 64.6 Å². The highest BCUT2D eigenvalue weighted by Gasteiger charge is 2.33. The Hall–Kier alpha value is -1.75. The van der Waals surface area contributed by atoms with Crippen LogP contribution in [0.1, 0.15) is 44.4 Å². The monoisotopic (exact) mass is 417 g/mol. The predicted molar refractivity (Wildman–Crippen MR) is 88.5 cm³/mol. The lowest BCUT2D eigenvalue weighted by atomic mass is 10.0. The molecule has 1 aromatic rings. The summed E-state index contributed by atoms with van der Waals surface area (Å²) in [6.07, 6.45) is -5.30. The summed E-state index contributed by atoms with van der Waals surface area (Å²) in [6.45, 7) is 1.51. The summed E-state index contributed by atoms with van der Waals surface area (Å²) in [5.41, 5.74) is -1.43. The Kier molecular flexibility index (Phi) is 7.73. The SMILES string of the molecule is COC(=O)C[C@H](NS(=O)C(C)(C)C)c1cc(OC(F)F)cc(C(F)(F)F)c1. The van der Waals surface area contributed by atoms with Gasteiger partial charge >= 0.3 is 18.8 Å². The van der Waals surface area contributed by atoms with Crippen molar-refractivity contribution >= 4 is 17.0 Å². The van der Waals surface area contributed by atoms with Crippen LogP contribution in [0, 0.1) is 0 Å². The maximum atomic E-state index is 13.1. The molecule has 1 rings (SSSR count). The Morgan fingerprint density at radius 2 is 1.78 bits per heavy atom. The zero-order valence-electron chi connectivity index (χ0n) is 15.0. The molecule has 2 atom stereocenters. The molecule has 0 aliphatic heterocycles. The van der Waals surface area contributed by atoms with Gasteiger partial charge in [0.1, 0.15) is 5.75 Å². The third kappa shape index (κ3) is 7.41. The molecule has 11 heteroatoms. The van der Waals surface area contributed by atoms with Crippen LogP contribution in [0.3, 0.4) is 0 Å². The first-order chi connectivity index (χ1) is 12.2. The van der Waals surface area contributed by atoms with Gasteiger partial charge in [0.25, 0.3) is 0 Å². The number of carbonyl (C=O) groups is 1. The van der Waals surface area contributed by atoms with Gasteiger partial charge in [0, 0.05) is 0 Å². The summed E-state index contributed by atoms with van der Waals surface area (Å²) in [6, 6.07) is 0.853. The quantitative estimate of drug-likeness (QED) is 0.539. The first kappa shape index (κ1) is 23.3. The molecule has 1 N–H and O–H groups in total. The lowest BCUT2D eigenvalue weighted by molar-refractivity contribution is -0.141. The number of halogens is 5. The third-order valence-electron chi connectivity index (χ3n) is 3.29. The fourth-order valence-corrected chi connectivity index (χ4v) is 2.77. The van der Waals surface area contributed by atoms with Crippen molar-refractivity contribution in [2.45, 2.75) is 50.8 Å². The van der Waals surface area contributed by atoms with Crippen molar-refractivity contribution in [3.05, 3.63) is 29.3 Å². The molecule has 27 heavy (non-hydrogen) atoms. The molecule has 154 valence electrons. The van der Waals surface area contributed by atoms with E-state index in [4.69, 9.17) is 0 Å². The second-order valence-electron chi connectivity index (χ2n) is 6.50. The lowest BCUT2D eigenvalue weighted by Crippen LogP contribution is -2.36. The van der Waals surface area contributed by atoms with Crippen molar-refractivity contribution in [1.82, 2.24) is 4.72 Å². The molecule has 0 aliphatic rings. The average molecular weight is 417 g/mol. The Morgan fingerprint density at radius 3 is 2.22 bits per heavy atom. The Bertz CT molecular complexity index is 688. The summed E-state index contributed by atoms with van der Waals surface area (Å²) in [4.78, 5) is 11.6. The molecule has 0 aliphatic carbocycles. The fourth-order valence-electron chi connectivity index (χ4n) is 1.94. The van der Waals surface area contributed by atoms with Gasteiger partial charge in [-0.1, -0.05) is 0 Å². The van der Waals surface area contributed by atoms with Gasteiger partial charge in [-0.3, -0.25) is 4.79 Å². The van der Waals surface area contributed by atoms with Crippen LogP contribution in [0.2, 0.25) is 0 Å². The number of methoxy groups -OCH3 is 1. The number of hydrogen-bond acceptors (Lipinski definition) is 4. The second-order valence-corrected chi connectivity index (χ2v) is 8.50. The largest absolute Gasteiger partial charge is 0.469 e. The molecule has 0 heterocycles. The molecule has 1 unspecified atom stereocenters. The van der Waals surface area contributed by atoms with Crippen molar-refractivity contribution in [3.8, 4) is 5.75 Å². The highest BCUT2D eigenvalue weighted by atomic mass is 32.2. The molecular formula is C16H20F5NO4S. The van der Waals surface area contributed by atoms with Crippen molar-refractivity contribution in [2.24, 2.45) is 0 Å². The number of esters is 1. The molecule has 1 aromatic carbocycles. The van der Waals surface area contributed by atoms with Crippen LogP contribution in [-0.2, 0) is 26.7 Å². The normalized spacial score (nSPS) is 14.7. The maximum Gasteiger partial charge on any atom is 0.416 e. The van der Waals surface area contributed by atoms with Crippen LogP contribution in [0.4, 0.5) is 22.0 Å². The highest BCUT2D eigenvalue weighted by Crippen LogP contribution is 2.35. The van der Waals surface area contributed by atoms with Crippen LogP contribution in [0.25, 0.3) is 0 Å². The first-order valence-corrected chi connectivity index (χ1v) is 8.81. The molecular weight excluding hydrogens is 397 g/mol. The van der Waals surface area contributed by atoms with E-state index in [2.05, 4.69) is 14.2 Å². The number of nitrogens with one attached hydrogen (secondary N) is 1. The van der Waals surface area contributed by atoms with Gasteiger partial charge in [-0.2, -0.15) is 22.0 Å². The number of benzene rings is 1. The van der Waals surface area contributed by atoms with Crippen molar-refractivity contribution in [2.75, 3.05) is 7.11 Å². The summed E-state index contributed by atoms with van der Waals surface area (Å²) in [5, 5.41) is 0. The summed E-state index contributed by atoms with van der Waals surface area (Å²) in [7, 11) is -0.678. The smallest absolute Gasteiger partial charge is 0.416 e. The molecule has 0 radical (unpaired) electrons. The van der Waals surface area contributed by atoms with Gasteiger partial charge in [-0.25, -0.2) is 8.93 Å².